The van der Waals surface area contributed by atoms with E-state index >= 15 is 0 Å². The van der Waals surface area contributed by atoms with Gasteiger partial charge in [0.15, 0.2) is 11.0 Å². The third kappa shape index (κ3) is 1.03. The molecular formula is C4H5ClN4O. The largest absolute Gasteiger partial charge is 0.754 e. The van der Waals surface area contributed by atoms with Gasteiger partial charge in [0, 0.05) is 0 Å². The lowest BCUT2D eigenvalue weighted by molar-refractivity contribution is -0.577. The molecule has 6 heteroatoms. The average Bonchev–Trinajstić information content (AvgIpc) is 1.82. The average molecular weight is 161 g/mol. The molecule has 1 aromatic rings. The first-order valence-electron chi connectivity index (χ1n) is 2.42. The molecule has 0 aliphatic carbocycles. The predicted molar refractivity (Wildman–Crippen MR) is 37.0 cm³/mol. The molecule has 0 unspecified atom stereocenters. The second-order valence-corrected chi connectivity index (χ2v) is 2.04. The van der Waals surface area contributed by atoms with Gasteiger partial charge in [0.2, 0.25) is 0 Å². The summed E-state index contributed by atoms with van der Waals surface area (Å²) in [6.45, 7) is 0. The molecule has 0 saturated carbocycles. The Hall–Kier alpha value is -1.23. The second kappa shape index (κ2) is 2.18. The molecule has 0 amide bonds. The van der Waals surface area contributed by atoms with Crippen molar-refractivity contribution in [1.82, 2.24) is 4.98 Å². The smallest absolute Gasteiger partial charge is 0.345 e. The molecule has 4 N–H and O–H groups in total. The minimum absolute atomic E-state index is 0.0579. The van der Waals surface area contributed by atoms with Crippen molar-refractivity contribution in [2.45, 2.75) is 0 Å². The Labute approximate surface area is 61.8 Å². The highest BCUT2D eigenvalue weighted by Gasteiger charge is 2.03. The lowest BCUT2D eigenvalue weighted by atomic mass is 10.6. The zero-order valence-electron chi connectivity index (χ0n) is 4.91. The number of hydrogen-bond donors (Lipinski definition) is 2. The molecule has 0 aliphatic rings. The van der Waals surface area contributed by atoms with Crippen LogP contribution in [0.4, 0.5) is 11.8 Å². The quantitative estimate of drug-likeness (QED) is 0.305. The van der Waals surface area contributed by atoms with E-state index < -0.39 is 0 Å². The van der Waals surface area contributed by atoms with Gasteiger partial charge < -0.3 is 16.7 Å². The van der Waals surface area contributed by atoms with Crippen LogP contribution in [0.3, 0.4) is 0 Å². The van der Waals surface area contributed by atoms with Crippen LogP contribution in [0.5, 0.6) is 0 Å². The van der Waals surface area contributed by atoms with E-state index in [9.17, 15) is 5.21 Å². The maximum absolute atomic E-state index is 10.7. The van der Waals surface area contributed by atoms with Crippen LogP contribution in [0.2, 0.25) is 5.15 Å². The van der Waals surface area contributed by atoms with Crippen LogP contribution in [0.25, 0.3) is 0 Å². The van der Waals surface area contributed by atoms with Crippen molar-refractivity contribution in [1.29, 1.82) is 0 Å². The molecule has 10 heavy (non-hydrogen) atoms. The Bertz CT molecular complexity index is 240. The minimum Gasteiger partial charge on any atom is -0.754 e. The normalized spacial score (nSPS) is 9.70. The van der Waals surface area contributed by atoms with Crippen LogP contribution in [0, 0.1) is 5.21 Å². The number of nitrogen functional groups attached to an aromatic ring is 2. The summed E-state index contributed by atoms with van der Waals surface area (Å²) >= 11 is 5.40. The van der Waals surface area contributed by atoms with E-state index in [2.05, 4.69) is 4.98 Å². The summed E-state index contributed by atoms with van der Waals surface area (Å²) < 4.78 is 0.297. The van der Waals surface area contributed by atoms with E-state index in [1.165, 1.54) is 6.07 Å². The standard InChI is InChI=1S/C4H5ClN4O/c5-2-1-3(6)9(10)4(7)8-2/h1H,6H2,(H2,7,8). The zero-order valence-corrected chi connectivity index (χ0v) is 5.67. The van der Waals surface area contributed by atoms with Crippen LogP contribution in [-0.4, -0.2) is 4.98 Å². The van der Waals surface area contributed by atoms with Gasteiger partial charge in [-0.3, -0.25) is 0 Å². The van der Waals surface area contributed by atoms with Gasteiger partial charge in [-0.15, -0.1) is 0 Å². The van der Waals surface area contributed by atoms with Crippen molar-refractivity contribution in [2.75, 3.05) is 11.5 Å². The Morgan fingerprint density at radius 1 is 1.60 bits per heavy atom. The van der Waals surface area contributed by atoms with E-state index in [1.54, 1.807) is 0 Å². The van der Waals surface area contributed by atoms with Crippen LogP contribution in [0.15, 0.2) is 6.07 Å². The van der Waals surface area contributed by atoms with Crippen LogP contribution < -0.4 is 16.2 Å². The Morgan fingerprint density at radius 2 is 2.20 bits per heavy atom. The molecule has 0 spiro atoms. The highest BCUT2D eigenvalue weighted by atomic mass is 35.5. The molecule has 0 aromatic carbocycles. The molecule has 0 atom stereocenters. The zero-order chi connectivity index (χ0) is 7.72. The van der Waals surface area contributed by atoms with Crippen LogP contribution in [0.1, 0.15) is 0 Å². The highest BCUT2D eigenvalue weighted by Crippen LogP contribution is 2.06. The topological polar surface area (TPSA) is 91.9 Å². The molecule has 54 valence electrons. The van der Waals surface area contributed by atoms with Crippen molar-refractivity contribution in [3.8, 4) is 0 Å². The van der Waals surface area contributed by atoms with Gasteiger partial charge in [-0.25, -0.2) is 4.73 Å². The highest BCUT2D eigenvalue weighted by molar-refractivity contribution is 6.29. The summed E-state index contributed by atoms with van der Waals surface area (Å²) in [5, 5.41) is 10.8. The Balaban J connectivity index is 3.31. The Kier molecular flexibility index (Phi) is 1.50. The third-order valence-corrected chi connectivity index (χ3v) is 1.12. The lowest BCUT2D eigenvalue weighted by Crippen LogP contribution is -2.35. The van der Waals surface area contributed by atoms with E-state index in [1.807, 2.05) is 0 Å². The van der Waals surface area contributed by atoms with Gasteiger partial charge >= 0.3 is 5.95 Å². The summed E-state index contributed by atoms with van der Waals surface area (Å²) in [4.78, 5) is 3.45. The first kappa shape index (κ1) is 6.88. The van der Waals surface area contributed by atoms with Crippen molar-refractivity contribution >= 4 is 23.4 Å². The molecule has 0 aliphatic heterocycles. The molecule has 5 nitrogen and oxygen atoms in total. The van der Waals surface area contributed by atoms with Crippen molar-refractivity contribution in [2.24, 2.45) is 0 Å². The summed E-state index contributed by atoms with van der Waals surface area (Å²) in [7, 11) is 0. The van der Waals surface area contributed by atoms with Gasteiger partial charge in [0.25, 0.3) is 0 Å². The first-order chi connectivity index (χ1) is 4.61. The van der Waals surface area contributed by atoms with Gasteiger partial charge in [-0.1, -0.05) is 4.98 Å². The first-order valence-corrected chi connectivity index (χ1v) is 2.80. The maximum atomic E-state index is 10.7. The van der Waals surface area contributed by atoms with Crippen molar-refractivity contribution in [3.05, 3.63) is 16.4 Å². The number of halogens is 1. The number of anilines is 2. The van der Waals surface area contributed by atoms with E-state index in [-0.39, 0.29) is 16.9 Å². The molecule has 0 radical (unpaired) electrons. The maximum Gasteiger partial charge on any atom is 0.345 e. The molecule has 0 saturated heterocycles. The number of nitrogens with two attached hydrogens (primary N) is 2. The minimum atomic E-state index is -0.245. The number of aromatic nitrogens is 2. The third-order valence-electron chi connectivity index (χ3n) is 0.931. The van der Waals surface area contributed by atoms with E-state index in [4.69, 9.17) is 23.1 Å². The fourth-order valence-electron chi connectivity index (χ4n) is 0.500. The molecule has 0 bridgehead atoms. The van der Waals surface area contributed by atoms with Crippen molar-refractivity contribution < 1.29 is 4.73 Å². The fraction of sp³-hybridized carbons (Fsp3) is 0. The van der Waals surface area contributed by atoms with Crippen LogP contribution >= 0.6 is 11.6 Å². The van der Waals surface area contributed by atoms with Gasteiger partial charge in [-0.05, 0) is 11.6 Å². The second-order valence-electron chi connectivity index (χ2n) is 1.66. The summed E-state index contributed by atoms with van der Waals surface area (Å²) in [6, 6.07) is 1.23. The number of rotatable bonds is 0. The van der Waals surface area contributed by atoms with E-state index in [0.29, 0.717) is 4.73 Å². The predicted octanol–water partition coefficient (Wildman–Crippen LogP) is -0.467. The van der Waals surface area contributed by atoms with E-state index in [0.717, 1.165) is 0 Å². The molecule has 1 heterocycles. The van der Waals surface area contributed by atoms with Crippen LogP contribution in [-0.2, 0) is 0 Å². The van der Waals surface area contributed by atoms with Gasteiger partial charge in [0.05, 0.1) is 6.07 Å². The molecule has 1 aromatic heterocycles. The monoisotopic (exact) mass is 160 g/mol. The number of hydrogen-bond acceptors (Lipinski definition) is 4. The SMILES string of the molecule is Nc1cc(Cl)nc(N)[n+]1[O-]. The van der Waals surface area contributed by atoms with Gasteiger partial charge in [-0.2, -0.15) is 0 Å². The van der Waals surface area contributed by atoms with Crippen molar-refractivity contribution in [3.63, 3.8) is 0 Å². The molecular weight excluding hydrogens is 156 g/mol. The summed E-state index contributed by atoms with van der Waals surface area (Å²) in [6.07, 6.45) is 0. The van der Waals surface area contributed by atoms with Gasteiger partial charge in [0.1, 0.15) is 0 Å². The lowest BCUT2D eigenvalue weighted by Gasteiger charge is -2.07. The Morgan fingerprint density at radius 3 is 2.70 bits per heavy atom. The molecule has 1 rings (SSSR count). The summed E-state index contributed by atoms with van der Waals surface area (Å²) in [5.41, 5.74) is 10.3. The summed E-state index contributed by atoms with van der Waals surface area (Å²) in [5.74, 6) is -0.303. The fourth-order valence-corrected chi connectivity index (χ4v) is 0.698. The molecule has 0 fully saturated rings. The number of nitrogens with zero attached hydrogens (tertiary/aromatic N) is 2.